The molecule has 4 fully saturated rings. The monoisotopic (exact) mass is 966 g/mol. The largest absolute Gasteiger partial charge is 0.453 e. The van der Waals surface area contributed by atoms with E-state index in [-0.39, 0.29) is 72.5 Å². The molecule has 23 heteroatoms. The number of aromatic nitrogens is 4. The number of anilines is 3. The number of imide groups is 1. The van der Waals surface area contributed by atoms with Crippen LogP contribution in [0.15, 0.2) is 72.0 Å². The van der Waals surface area contributed by atoms with Crippen molar-refractivity contribution in [2.24, 2.45) is 0 Å². The van der Waals surface area contributed by atoms with Gasteiger partial charge in [0, 0.05) is 58.5 Å². The molecule has 4 aliphatic heterocycles. The summed E-state index contributed by atoms with van der Waals surface area (Å²) in [6.07, 6.45) is 6.45. The van der Waals surface area contributed by atoms with Gasteiger partial charge in [-0.3, -0.25) is 38.7 Å². The molecule has 4 saturated heterocycles. The third-order valence-corrected chi connectivity index (χ3v) is 14.5. The Hall–Kier alpha value is -7.13. The molecular weight excluding hydrogens is 919 g/mol. The molecule has 2 atom stereocenters. The van der Waals surface area contributed by atoms with Crippen molar-refractivity contribution in [1.82, 2.24) is 38.9 Å². The predicted molar refractivity (Wildman–Crippen MR) is 247 cm³/mol. The number of halogens is 2. The van der Waals surface area contributed by atoms with Crippen LogP contribution in [0.2, 0.25) is 0 Å². The summed E-state index contributed by atoms with van der Waals surface area (Å²) in [7, 11) is -2.62. The van der Waals surface area contributed by atoms with Gasteiger partial charge >= 0.3 is 10.2 Å². The van der Waals surface area contributed by atoms with Crippen LogP contribution in [0.5, 0.6) is 11.5 Å². The fourth-order valence-corrected chi connectivity index (χ4v) is 10.3. The second-order valence-corrected chi connectivity index (χ2v) is 18.9. The highest BCUT2D eigenvalue weighted by Crippen LogP contribution is 2.35. The van der Waals surface area contributed by atoms with E-state index in [9.17, 15) is 32.9 Å². The number of methoxy groups -OCH3 is 1. The minimum absolute atomic E-state index is 0.00187. The standard InChI is InChI=1S/C46H48F2N12O8S/c1-67-32-12-15-59(25-32)69(65,66)55-39-7-5-36(47)43(35(39)22-49)68-31-3-6-38-34(21-31)45(64)60(27-52-38)30-23-50-46(51-24-30)58-18-16-57(17-19-58)42(62)26-56-13-10-28(11-14-56)33-4-2-29(20-37(33)48)53-40-8-9-41(61)54-44(40)63/h2-7,20-21,23-24,27-28,32,40,53,55H,8-19,25-26H2,1H3,(H,54,61,63)/t32-,40-/m1/s1. The first kappa shape index (κ1) is 47.0. The number of nitriles is 1. The van der Waals surface area contributed by atoms with E-state index in [1.54, 1.807) is 12.1 Å². The Morgan fingerprint density at radius 2 is 1.68 bits per heavy atom. The van der Waals surface area contributed by atoms with Gasteiger partial charge in [-0.05, 0) is 92.7 Å². The zero-order valence-electron chi connectivity index (χ0n) is 37.4. The highest BCUT2D eigenvalue weighted by atomic mass is 32.2. The summed E-state index contributed by atoms with van der Waals surface area (Å²) in [5.74, 6) is -2.16. The fraction of sp³-hybridized carbons (Fsp3) is 0.391. The summed E-state index contributed by atoms with van der Waals surface area (Å²) < 4.78 is 72.6. The van der Waals surface area contributed by atoms with Crippen molar-refractivity contribution in [2.75, 3.05) is 81.0 Å². The van der Waals surface area contributed by atoms with Gasteiger partial charge in [0.15, 0.2) is 11.6 Å². The van der Waals surface area contributed by atoms with E-state index in [0.717, 1.165) is 12.1 Å². The summed E-state index contributed by atoms with van der Waals surface area (Å²) in [4.78, 5) is 70.0. The van der Waals surface area contributed by atoms with Gasteiger partial charge in [-0.25, -0.2) is 23.7 Å². The number of amides is 3. The minimum Gasteiger partial charge on any atom is -0.453 e. The number of piperidine rings is 2. The molecule has 9 rings (SSSR count). The maximum Gasteiger partial charge on any atom is 0.301 e. The van der Waals surface area contributed by atoms with Gasteiger partial charge in [0.25, 0.3) is 5.56 Å². The third kappa shape index (κ3) is 10.2. The van der Waals surface area contributed by atoms with Crippen molar-refractivity contribution < 1.29 is 41.1 Å². The Morgan fingerprint density at radius 1 is 0.913 bits per heavy atom. The van der Waals surface area contributed by atoms with E-state index in [0.29, 0.717) is 93.4 Å². The first-order valence-corrected chi connectivity index (χ1v) is 23.9. The fourth-order valence-electron chi connectivity index (χ4n) is 9.06. The van der Waals surface area contributed by atoms with Crippen molar-refractivity contribution in [1.29, 1.82) is 5.26 Å². The Kier molecular flexibility index (Phi) is 13.5. The summed E-state index contributed by atoms with van der Waals surface area (Å²) in [6, 6.07) is 12.5. The molecule has 3 N–H and O–H groups in total. The van der Waals surface area contributed by atoms with E-state index in [1.165, 1.54) is 59.0 Å². The molecule has 6 heterocycles. The maximum absolute atomic E-state index is 15.3. The molecule has 0 bridgehead atoms. The molecule has 5 aromatic rings. The van der Waals surface area contributed by atoms with Crippen LogP contribution in [0, 0.1) is 23.0 Å². The van der Waals surface area contributed by atoms with Crippen LogP contribution in [0.1, 0.15) is 49.1 Å². The van der Waals surface area contributed by atoms with Crippen molar-refractivity contribution in [3.8, 4) is 23.3 Å². The lowest BCUT2D eigenvalue weighted by molar-refractivity contribution is -0.134. The second kappa shape index (κ2) is 19.8. The number of hydrogen-bond acceptors (Lipinski definition) is 15. The molecule has 4 aliphatic rings. The number of carbonyl (C=O) groups is 3. The highest BCUT2D eigenvalue weighted by molar-refractivity contribution is 7.90. The summed E-state index contributed by atoms with van der Waals surface area (Å²) >= 11 is 0. The smallest absolute Gasteiger partial charge is 0.301 e. The van der Waals surface area contributed by atoms with E-state index in [1.807, 2.05) is 15.9 Å². The van der Waals surface area contributed by atoms with Gasteiger partial charge < -0.3 is 24.6 Å². The summed E-state index contributed by atoms with van der Waals surface area (Å²) in [6.45, 7) is 3.72. The SMILES string of the molecule is CO[C@@H]1CCN(S(=O)(=O)Nc2ccc(F)c(Oc3ccc4ncn(-c5cnc(N6CCN(C(=O)CN7CCC(c8ccc(N[C@@H]9CCC(=O)NC9=O)cc8F)CC7)CC6)nc5)c(=O)c4c3)c2C#N)C1. The average molecular weight is 967 g/mol. The molecule has 3 amide bonds. The number of likely N-dealkylation sites (tertiary alicyclic amines) is 1. The lowest BCUT2D eigenvalue weighted by Gasteiger charge is -2.37. The summed E-state index contributed by atoms with van der Waals surface area (Å²) in [5, 5.41) is 15.4. The average Bonchev–Trinajstić information content (AvgIpc) is 3.85. The van der Waals surface area contributed by atoms with Gasteiger partial charge in [-0.2, -0.15) is 18.0 Å². The molecule has 20 nitrogen and oxygen atoms in total. The number of rotatable bonds is 13. The predicted octanol–water partition coefficient (Wildman–Crippen LogP) is 3.24. The van der Waals surface area contributed by atoms with Gasteiger partial charge in [0.2, 0.25) is 23.7 Å². The number of piperazine rings is 1. The first-order valence-electron chi connectivity index (χ1n) is 22.5. The van der Waals surface area contributed by atoms with Crippen LogP contribution in [0.3, 0.4) is 0 Å². The zero-order valence-corrected chi connectivity index (χ0v) is 38.3. The molecule has 0 saturated carbocycles. The minimum atomic E-state index is -4.12. The Morgan fingerprint density at radius 3 is 2.38 bits per heavy atom. The molecule has 360 valence electrons. The highest BCUT2D eigenvalue weighted by Gasteiger charge is 2.33. The first-order chi connectivity index (χ1) is 33.3. The Labute approximate surface area is 395 Å². The van der Waals surface area contributed by atoms with Gasteiger partial charge in [-0.15, -0.1) is 0 Å². The lowest BCUT2D eigenvalue weighted by Crippen LogP contribution is -2.52. The van der Waals surface area contributed by atoms with Crippen LogP contribution in [-0.2, 0) is 29.3 Å². The van der Waals surface area contributed by atoms with Gasteiger partial charge in [-0.1, -0.05) is 6.07 Å². The Bertz CT molecular complexity index is 3010. The number of nitrogens with zero attached hydrogens (tertiary/aromatic N) is 9. The van der Waals surface area contributed by atoms with Gasteiger partial charge in [0.1, 0.15) is 35.6 Å². The van der Waals surface area contributed by atoms with E-state index >= 15 is 8.78 Å². The number of nitrogens with one attached hydrogen (secondary N) is 3. The van der Waals surface area contributed by atoms with Crippen molar-refractivity contribution in [3.63, 3.8) is 0 Å². The van der Waals surface area contributed by atoms with E-state index < -0.39 is 44.8 Å². The lowest BCUT2D eigenvalue weighted by atomic mass is 9.89. The number of fused-ring (bicyclic) bond motifs is 1. The van der Waals surface area contributed by atoms with E-state index in [2.05, 4.69) is 35.2 Å². The molecule has 3 aromatic carbocycles. The quantitative estimate of drug-likeness (QED) is 0.144. The third-order valence-electron chi connectivity index (χ3n) is 13.0. The number of ether oxygens (including phenoxy) is 2. The van der Waals surface area contributed by atoms with Crippen molar-refractivity contribution in [2.45, 2.75) is 50.2 Å². The van der Waals surface area contributed by atoms with Crippen LogP contribution < -0.4 is 30.6 Å². The van der Waals surface area contributed by atoms with Crippen LogP contribution in [0.25, 0.3) is 16.6 Å². The molecular formula is C46H48F2N12O8S. The molecule has 69 heavy (non-hydrogen) atoms. The normalized spacial score (nSPS) is 19.6. The number of hydrogen-bond donors (Lipinski definition) is 3. The van der Waals surface area contributed by atoms with Crippen LogP contribution in [-0.4, -0.2) is 138 Å². The van der Waals surface area contributed by atoms with Crippen LogP contribution in [0.4, 0.5) is 26.1 Å². The van der Waals surface area contributed by atoms with Crippen molar-refractivity contribution >= 4 is 56.2 Å². The summed E-state index contributed by atoms with van der Waals surface area (Å²) in [5.41, 5.74) is 0.603. The van der Waals surface area contributed by atoms with Crippen molar-refractivity contribution in [3.05, 3.63) is 100 Å². The van der Waals surface area contributed by atoms with Crippen LogP contribution >= 0.6 is 0 Å². The maximum atomic E-state index is 15.3. The molecule has 2 aromatic heterocycles. The topological polar surface area (TPSA) is 237 Å². The molecule has 0 aliphatic carbocycles. The zero-order chi connectivity index (χ0) is 48.4. The van der Waals surface area contributed by atoms with Gasteiger partial charge in [0.05, 0.1) is 47.3 Å². The van der Waals surface area contributed by atoms with E-state index in [4.69, 9.17) is 9.47 Å². The second-order valence-electron chi connectivity index (χ2n) is 17.3. The number of carbonyl (C=O) groups excluding carboxylic acids is 3. The Balaban J connectivity index is 0.781. The molecule has 0 spiro atoms. The molecule has 0 unspecified atom stereocenters. The number of benzene rings is 3. The molecule has 0 radical (unpaired) electrons.